The van der Waals surface area contributed by atoms with Gasteiger partial charge in [-0.2, -0.15) is 0 Å². The third-order valence-electron chi connectivity index (χ3n) is 2.43. The van der Waals surface area contributed by atoms with E-state index in [-0.39, 0.29) is 17.8 Å². The number of nitrogens with zero attached hydrogens (tertiary/aromatic N) is 1. The molecular formula is C9H10FNO. The number of aromatic nitrogens is 1. The van der Waals surface area contributed by atoms with E-state index in [1.807, 2.05) is 0 Å². The fourth-order valence-corrected chi connectivity index (χ4v) is 1.34. The van der Waals surface area contributed by atoms with Crippen molar-refractivity contribution in [2.24, 2.45) is 0 Å². The molecule has 1 heterocycles. The van der Waals surface area contributed by atoms with E-state index in [0.717, 1.165) is 18.5 Å². The van der Waals surface area contributed by atoms with Crippen molar-refractivity contribution in [1.29, 1.82) is 0 Å². The summed E-state index contributed by atoms with van der Waals surface area (Å²) in [6.07, 6.45) is 3.12. The monoisotopic (exact) mass is 167 g/mol. The number of hydrogen-bond acceptors (Lipinski definition) is 2. The van der Waals surface area contributed by atoms with Crippen LogP contribution in [0.1, 0.15) is 18.5 Å². The summed E-state index contributed by atoms with van der Waals surface area (Å²) in [5.74, 6) is -0.326. The van der Waals surface area contributed by atoms with Crippen LogP contribution in [0.25, 0.3) is 0 Å². The number of aliphatic hydroxyl groups is 1. The molecule has 64 valence electrons. The van der Waals surface area contributed by atoms with Gasteiger partial charge in [0.2, 0.25) is 0 Å². The van der Waals surface area contributed by atoms with Gasteiger partial charge in [-0.25, -0.2) is 4.39 Å². The number of rotatable bonds is 2. The zero-order valence-corrected chi connectivity index (χ0v) is 6.63. The topological polar surface area (TPSA) is 33.1 Å². The normalized spacial score (nSPS) is 19.2. The SMILES string of the molecule is OCC1(c2ccc(F)cn2)CC1. The quantitative estimate of drug-likeness (QED) is 0.719. The lowest BCUT2D eigenvalue weighted by atomic mass is 10.0. The van der Waals surface area contributed by atoms with Crippen LogP contribution in [0.5, 0.6) is 0 Å². The molecule has 2 rings (SSSR count). The van der Waals surface area contributed by atoms with Crippen LogP contribution in [0.15, 0.2) is 18.3 Å². The summed E-state index contributed by atoms with van der Waals surface area (Å²) in [7, 11) is 0. The van der Waals surface area contributed by atoms with Crippen molar-refractivity contribution < 1.29 is 9.50 Å². The Kier molecular flexibility index (Phi) is 1.61. The van der Waals surface area contributed by atoms with Crippen LogP contribution in [0.3, 0.4) is 0 Å². The first-order valence-electron chi connectivity index (χ1n) is 4.00. The summed E-state index contributed by atoms with van der Waals surface area (Å²) in [5, 5.41) is 9.05. The van der Waals surface area contributed by atoms with Gasteiger partial charge in [0.1, 0.15) is 5.82 Å². The van der Waals surface area contributed by atoms with Gasteiger partial charge in [0.25, 0.3) is 0 Å². The smallest absolute Gasteiger partial charge is 0.141 e. The third-order valence-corrected chi connectivity index (χ3v) is 2.43. The van der Waals surface area contributed by atoms with Crippen LogP contribution in [-0.2, 0) is 5.41 Å². The average Bonchev–Trinajstić information content (AvgIpc) is 2.86. The minimum Gasteiger partial charge on any atom is -0.395 e. The first kappa shape index (κ1) is 7.68. The highest BCUT2D eigenvalue weighted by molar-refractivity contribution is 5.24. The first-order valence-corrected chi connectivity index (χ1v) is 4.00. The molecule has 1 fully saturated rings. The van der Waals surface area contributed by atoms with E-state index in [2.05, 4.69) is 4.98 Å². The lowest BCUT2D eigenvalue weighted by molar-refractivity contribution is 0.252. The molecule has 1 aliphatic rings. The number of hydrogen-bond donors (Lipinski definition) is 1. The van der Waals surface area contributed by atoms with E-state index in [9.17, 15) is 4.39 Å². The van der Waals surface area contributed by atoms with Crippen LogP contribution in [0.2, 0.25) is 0 Å². The Labute approximate surface area is 70.1 Å². The summed E-state index contributed by atoms with van der Waals surface area (Å²) in [6, 6.07) is 3.04. The minimum absolute atomic E-state index is 0.117. The Morgan fingerprint density at radius 2 is 2.25 bits per heavy atom. The lowest BCUT2D eigenvalue weighted by Gasteiger charge is -2.09. The highest BCUT2D eigenvalue weighted by Crippen LogP contribution is 2.46. The maximum atomic E-state index is 12.5. The molecule has 0 unspecified atom stereocenters. The fraction of sp³-hybridized carbons (Fsp3) is 0.444. The average molecular weight is 167 g/mol. The molecule has 0 spiro atoms. The van der Waals surface area contributed by atoms with Crippen molar-refractivity contribution in [2.75, 3.05) is 6.61 Å². The van der Waals surface area contributed by atoms with Gasteiger partial charge in [0.15, 0.2) is 0 Å². The van der Waals surface area contributed by atoms with Gasteiger partial charge in [0.05, 0.1) is 12.8 Å². The van der Waals surface area contributed by atoms with Crippen LogP contribution >= 0.6 is 0 Å². The lowest BCUT2D eigenvalue weighted by Crippen LogP contribution is -2.13. The van der Waals surface area contributed by atoms with Crippen LogP contribution in [-0.4, -0.2) is 16.7 Å². The molecular weight excluding hydrogens is 157 g/mol. The van der Waals surface area contributed by atoms with Crippen molar-refractivity contribution in [3.63, 3.8) is 0 Å². The Morgan fingerprint density at radius 1 is 1.50 bits per heavy atom. The zero-order valence-electron chi connectivity index (χ0n) is 6.63. The summed E-state index contributed by atoms with van der Waals surface area (Å²) in [6.45, 7) is 0.117. The predicted octanol–water partition coefficient (Wildman–Crippen LogP) is 1.24. The molecule has 3 heteroatoms. The molecule has 0 saturated heterocycles. The van der Waals surface area contributed by atoms with Gasteiger partial charge in [-0.05, 0) is 25.0 Å². The van der Waals surface area contributed by atoms with Crippen molar-refractivity contribution in [2.45, 2.75) is 18.3 Å². The van der Waals surface area contributed by atoms with Gasteiger partial charge < -0.3 is 5.11 Å². The van der Waals surface area contributed by atoms with Crippen LogP contribution in [0.4, 0.5) is 4.39 Å². The van der Waals surface area contributed by atoms with E-state index in [1.54, 1.807) is 6.07 Å². The Morgan fingerprint density at radius 3 is 2.67 bits per heavy atom. The van der Waals surface area contributed by atoms with Crippen molar-refractivity contribution in [3.8, 4) is 0 Å². The van der Waals surface area contributed by atoms with Gasteiger partial charge in [-0.1, -0.05) is 0 Å². The Hall–Kier alpha value is -0.960. The molecule has 0 aliphatic heterocycles. The van der Waals surface area contributed by atoms with Crippen LogP contribution in [0, 0.1) is 5.82 Å². The molecule has 1 N–H and O–H groups in total. The Balaban J connectivity index is 2.29. The third kappa shape index (κ3) is 1.10. The summed E-state index contributed by atoms with van der Waals surface area (Å²) in [4.78, 5) is 3.95. The number of pyridine rings is 1. The molecule has 1 aromatic heterocycles. The zero-order chi connectivity index (χ0) is 8.60. The van der Waals surface area contributed by atoms with Gasteiger partial charge in [-0.15, -0.1) is 0 Å². The van der Waals surface area contributed by atoms with Crippen molar-refractivity contribution >= 4 is 0 Å². The largest absolute Gasteiger partial charge is 0.395 e. The van der Waals surface area contributed by atoms with Gasteiger partial charge >= 0.3 is 0 Å². The highest BCUT2D eigenvalue weighted by atomic mass is 19.1. The molecule has 1 aliphatic carbocycles. The molecule has 1 aromatic rings. The summed E-state index contributed by atoms with van der Waals surface area (Å²) in [5.41, 5.74) is 0.666. The van der Waals surface area contributed by atoms with E-state index in [4.69, 9.17) is 5.11 Å². The standard InChI is InChI=1S/C9H10FNO/c10-7-1-2-8(11-5-7)9(6-12)3-4-9/h1-2,5,12H,3-4,6H2. The minimum atomic E-state index is -0.326. The second kappa shape index (κ2) is 2.52. The van der Waals surface area contributed by atoms with E-state index in [0.29, 0.717) is 0 Å². The maximum Gasteiger partial charge on any atom is 0.141 e. The van der Waals surface area contributed by atoms with Crippen molar-refractivity contribution in [1.82, 2.24) is 4.98 Å². The molecule has 0 atom stereocenters. The van der Waals surface area contributed by atoms with E-state index >= 15 is 0 Å². The van der Waals surface area contributed by atoms with Crippen molar-refractivity contribution in [3.05, 3.63) is 29.8 Å². The maximum absolute atomic E-state index is 12.5. The molecule has 0 bridgehead atoms. The molecule has 0 aromatic carbocycles. The van der Waals surface area contributed by atoms with E-state index < -0.39 is 0 Å². The van der Waals surface area contributed by atoms with E-state index in [1.165, 1.54) is 12.3 Å². The summed E-state index contributed by atoms with van der Waals surface area (Å²) < 4.78 is 12.5. The Bertz CT molecular complexity index is 279. The van der Waals surface area contributed by atoms with Gasteiger partial charge in [0, 0.05) is 11.1 Å². The van der Waals surface area contributed by atoms with Gasteiger partial charge in [-0.3, -0.25) is 4.98 Å². The molecule has 0 radical (unpaired) electrons. The molecule has 12 heavy (non-hydrogen) atoms. The fourth-order valence-electron chi connectivity index (χ4n) is 1.34. The molecule has 0 amide bonds. The highest BCUT2D eigenvalue weighted by Gasteiger charge is 2.44. The summed E-state index contributed by atoms with van der Waals surface area (Å²) >= 11 is 0. The number of halogens is 1. The second-order valence-corrected chi connectivity index (χ2v) is 3.30. The second-order valence-electron chi connectivity index (χ2n) is 3.30. The first-order chi connectivity index (χ1) is 5.77. The predicted molar refractivity (Wildman–Crippen MR) is 42.2 cm³/mol. The van der Waals surface area contributed by atoms with Crippen LogP contribution < -0.4 is 0 Å². The number of aliphatic hydroxyl groups excluding tert-OH is 1. The molecule has 1 saturated carbocycles. The molecule has 2 nitrogen and oxygen atoms in total.